The van der Waals surface area contributed by atoms with Gasteiger partial charge in [0.05, 0.1) is 5.92 Å². The van der Waals surface area contributed by atoms with Crippen LogP contribution in [0.15, 0.2) is 0 Å². The van der Waals surface area contributed by atoms with Crippen molar-refractivity contribution in [2.24, 2.45) is 17.8 Å². The molecule has 7 heteroatoms. The van der Waals surface area contributed by atoms with Crippen molar-refractivity contribution in [3.05, 3.63) is 0 Å². The molecule has 1 amide bonds. The fourth-order valence-corrected chi connectivity index (χ4v) is 2.47. The minimum atomic E-state index is -4.86. The maximum Gasteiger partial charge on any atom is 0.471 e. The standard InChI is InChI=1S/C9H10F3NO3/c10-9(11,12)8(16)13-2-1-4-5(3-13)6(4)7(14)15/h4-6H,1-3H2,(H,14,15)/t4-,5+,6+/m0/s1. The van der Waals surface area contributed by atoms with Crippen LogP contribution in [0.2, 0.25) is 0 Å². The number of carbonyl (C=O) groups excluding carboxylic acids is 1. The van der Waals surface area contributed by atoms with E-state index in [1.54, 1.807) is 0 Å². The van der Waals surface area contributed by atoms with Gasteiger partial charge in [-0.25, -0.2) is 0 Å². The highest BCUT2D eigenvalue weighted by atomic mass is 19.4. The molecule has 1 N–H and O–H groups in total. The third kappa shape index (κ3) is 1.74. The van der Waals surface area contributed by atoms with Gasteiger partial charge in [0, 0.05) is 13.1 Å². The van der Waals surface area contributed by atoms with Gasteiger partial charge in [-0.3, -0.25) is 9.59 Å². The molecular weight excluding hydrogens is 227 g/mol. The van der Waals surface area contributed by atoms with E-state index in [0.29, 0.717) is 11.3 Å². The molecule has 16 heavy (non-hydrogen) atoms. The summed E-state index contributed by atoms with van der Waals surface area (Å²) in [6.07, 6.45) is -4.51. The van der Waals surface area contributed by atoms with Crippen LogP contribution in [0.25, 0.3) is 0 Å². The Labute approximate surface area is 89.0 Å². The first-order valence-electron chi connectivity index (χ1n) is 4.91. The van der Waals surface area contributed by atoms with E-state index >= 15 is 0 Å². The summed E-state index contributed by atoms with van der Waals surface area (Å²) in [6.45, 7) is -0.0801. The van der Waals surface area contributed by atoms with Crippen molar-refractivity contribution in [2.75, 3.05) is 13.1 Å². The summed E-state index contributed by atoms with van der Waals surface area (Å²) in [7, 11) is 0. The van der Waals surface area contributed by atoms with Crippen LogP contribution in [0.3, 0.4) is 0 Å². The van der Waals surface area contributed by atoms with Gasteiger partial charge in [0.2, 0.25) is 0 Å². The van der Waals surface area contributed by atoms with Crippen LogP contribution in [-0.4, -0.2) is 41.1 Å². The van der Waals surface area contributed by atoms with Crippen LogP contribution >= 0.6 is 0 Å². The van der Waals surface area contributed by atoms with E-state index in [1.807, 2.05) is 0 Å². The molecule has 1 saturated heterocycles. The van der Waals surface area contributed by atoms with E-state index in [-0.39, 0.29) is 24.9 Å². The van der Waals surface area contributed by atoms with Crippen molar-refractivity contribution in [1.29, 1.82) is 0 Å². The monoisotopic (exact) mass is 237 g/mol. The van der Waals surface area contributed by atoms with Crippen LogP contribution in [0.5, 0.6) is 0 Å². The zero-order valence-electron chi connectivity index (χ0n) is 8.20. The van der Waals surface area contributed by atoms with Gasteiger partial charge in [0.25, 0.3) is 0 Å². The molecule has 0 aromatic heterocycles. The van der Waals surface area contributed by atoms with Gasteiger partial charge >= 0.3 is 18.1 Å². The number of hydrogen-bond donors (Lipinski definition) is 1. The number of nitrogens with zero attached hydrogens (tertiary/aromatic N) is 1. The molecule has 2 fully saturated rings. The summed E-state index contributed by atoms with van der Waals surface area (Å²) in [5.74, 6) is -3.74. The van der Waals surface area contributed by atoms with Crippen LogP contribution in [0.1, 0.15) is 6.42 Å². The Hall–Kier alpha value is -1.27. The zero-order chi connectivity index (χ0) is 12.1. The van der Waals surface area contributed by atoms with Crippen LogP contribution < -0.4 is 0 Å². The third-order valence-corrected chi connectivity index (χ3v) is 3.31. The lowest BCUT2D eigenvalue weighted by molar-refractivity contribution is -0.186. The van der Waals surface area contributed by atoms with Crippen LogP contribution in [0.4, 0.5) is 13.2 Å². The van der Waals surface area contributed by atoms with E-state index in [1.165, 1.54) is 0 Å². The SMILES string of the molecule is O=C(O)[C@H]1[C@@H]2CN(C(=O)C(F)(F)F)CC[C@@H]21. The molecule has 2 rings (SSSR count). The highest BCUT2D eigenvalue weighted by Crippen LogP contribution is 2.51. The summed E-state index contributed by atoms with van der Waals surface area (Å²) >= 11 is 0. The predicted octanol–water partition coefficient (Wildman–Crippen LogP) is 0.728. The molecule has 0 bridgehead atoms. The number of aliphatic carboxylic acids is 1. The van der Waals surface area contributed by atoms with Crippen molar-refractivity contribution in [3.63, 3.8) is 0 Å². The van der Waals surface area contributed by atoms with Gasteiger partial charge in [-0.1, -0.05) is 0 Å². The van der Waals surface area contributed by atoms with E-state index in [2.05, 4.69) is 0 Å². The molecule has 1 heterocycles. The van der Waals surface area contributed by atoms with Crippen molar-refractivity contribution in [3.8, 4) is 0 Å². The Kier molecular flexibility index (Phi) is 2.36. The Bertz CT molecular complexity index is 341. The summed E-state index contributed by atoms with van der Waals surface area (Å²) in [6, 6.07) is 0. The Morgan fingerprint density at radius 1 is 1.25 bits per heavy atom. The summed E-state index contributed by atoms with van der Waals surface area (Å²) in [5, 5.41) is 8.74. The fourth-order valence-electron chi connectivity index (χ4n) is 2.47. The zero-order valence-corrected chi connectivity index (χ0v) is 8.20. The quantitative estimate of drug-likeness (QED) is 0.731. The van der Waals surface area contributed by atoms with E-state index in [0.717, 1.165) is 0 Å². The number of likely N-dealkylation sites (tertiary alicyclic amines) is 1. The molecule has 1 aliphatic heterocycles. The Morgan fingerprint density at radius 2 is 1.88 bits per heavy atom. The lowest BCUT2D eigenvalue weighted by Crippen LogP contribution is -2.44. The molecule has 2 aliphatic rings. The molecule has 4 nitrogen and oxygen atoms in total. The van der Waals surface area contributed by atoms with E-state index in [4.69, 9.17) is 5.11 Å². The molecular formula is C9H10F3NO3. The van der Waals surface area contributed by atoms with E-state index in [9.17, 15) is 22.8 Å². The van der Waals surface area contributed by atoms with Gasteiger partial charge < -0.3 is 10.0 Å². The largest absolute Gasteiger partial charge is 0.481 e. The van der Waals surface area contributed by atoms with Crippen molar-refractivity contribution in [1.82, 2.24) is 4.90 Å². The molecule has 0 aromatic carbocycles. The average Bonchev–Trinajstić information content (AvgIpc) is 2.87. The first-order chi connectivity index (χ1) is 7.32. The summed E-state index contributed by atoms with van der Waals surface area (Å²) in [4.78, 5) is 22.3. The number of carbonyl (C=O) groups is 2. The number of fused-ring (bicyclic) bond motifs is 1. The number of hydrogen-bond acceptors (Lipinski definition) is 2. The topological polar surface area (TPSA) is 57.6 Å². The average molecular weight is 237 g/mol. The molecule has 0 unspecified atom stereocenters. The van der Waals surface area contributed by atoms with Gasteiger partial charge in [-0.2, -0.15) is 13.2 Å². The second kappa shape index (κ2) is 3.36. The number of rotatable bonds is 1. The predicted molar refractivity (Wildman–Crippen MR) is 45.4 cm³/mol. The van der Waals surface area contributed by atoms with Gasteiger partial charge in [0.15, 0.2) is 0 Å². The van der Waals surface area contributed by atoms with Gasteiger partial charge in [-0.15, -0.1) is 0 Å². The summed E-state index contributed by atoms with van der Waals surface area (Å²) in [5.41, 5.74) is 0. The van der Waals surface area contributed by atoms with Gasteiger partial charge in [-0.05, 0) is 18.3 Å². The lowest BCUT2D eigenvalue weighted by Gasteiger charge is -2.26. The van der Waals surface area contributed by atoms with Gasteiger partial charge in [0.1, 0.15) is 0 Å². The first kappa shape index (κ1) is 11.2. The molecule has 1 aliphatic carbocycles. The number of carboxylic acids is 1. The van der Waals surface area contributed by atoms with Crippen molar-refractivity contribution < 1.29 is 27.9 Å². The third-order valence-electron chi connectivity index (χ3n) is 3.31. The first-order valence-corrected chi connectivity index (χ1v) is 4.91. The maximum absolute atomic E-state index is 12.1. The number of alkyl halides is 3. The Morgan fingerprint density at radius 3 is 2.38 bits per heavy atom. The minimum Gasteiger partial charge on any atom is -0.481 e. The molecule has 0 spiro atoms. The number of carboxylic acid groups (broad SMARTS) is 1. The second-order valence-electron chi connectivity index (χ2n) is 4.23. The molecule has 90 valence electrons. The number of halogens is 3. The normalized spacial score (nSPS) is 33.2. The lowest BCUT2D eigenvalue weighted by atomic mass is 10.1. The Balaban J connectivity index is 1.98. The minimum absolute atomic E-state index is 0.00326. The molecule has 0 aromatic rings. The van der Waals surface area contributed by atoms with Crippen molar-refractivity contribution >= 4 is 11.9 Å². The van der Waals surface area contributed by atoms with E-state index < -0.39 is 24.0 Å². The van der Waals surface area contributed by atoms with Crippen LogP contribution in [-0.2, 0) is 9.59 Å². The maximum atomic E-state index is 12.1. The second-order valence-corrected chi connectivity index (χ2v) is 4.23. The fraction of sp³-hybridized carbons (Fsp3) is 0.778. The van der Waals surface area contributed by atoms with Crippen molar-refractivity contribution in [2.45, 2.75) is 12.6 Å². The van der Waals surface area contributed by atoms with Crippen LogP contribution in [0, 0.1) is 17.8 Å². The molecule has 0 radical (unpaired) electrons. The number of piperidine rings is 1. The number of amides is 1. The summed E-state index contributed by atoms with van der Waals surface area (Å²) < 4.78 is 36.4. The smallest absolute Gasteiger partial charge is 0.471 e. The highest BCUT2D eigenvalue weighted by molar-refractivity contribution is 5.82. The molecule has 3 atom stereocenters. The molecule has 1 saturated carbocycles. The highest BCUT2D eigenvalue weighted by Gasteiger charge is 2.59.